The highest BCUT2D eigenvalue weighted by Crippen LogP contribution is 2.21. The third kappa shape index (κ3) is 1.35. The molecule has 0 amide bonds. The minimum absolute atomic E-state index is 0.191. The van der Waals surface area contributed by atoms with Crippen LogP contribution in [0.5, 0.6) is 0 Å². The molecule has 0 saturated heterocycles. The Balaban J connectivity index is 2.70. The highest BCUT2D eigenvalue weighted by molar-refractivity contribution is 5.57. The molecular formula is C10H8FNO2. The Hall–Kier alpha value is -1.84. The molecule has 0 aromatic carbocycles. The number of hydrogen-bond acceptors (Lipinski definition) is 2. The second-order valence-electron chi connectivity index (χ2n) is 2.99. The summed E-state index contributed by atoms with van der Waals surface area (Å²) in [5.74, 6) is -0.456. The van der Waals surface area contributed by atoms with Crippen molar-refractivity contribution in [3.05, 3.63) is 46.3 Å². The normalized spacial score (nSPS) is 10.4. The molecule has 2 aromatic rings. The fourth-order valence-corrected chi connectivity index (χ4v) is 1.28. The van der Waals surface area contributed by atoms with Crippen LogP contribution >= 0.6 is 0 Å². The van der Waals surface area contributed by atoms with Gasteiger partial charge in [0.15, 0.2) is 5.82 Å². The first-order valence-corrected chi connectivity index (χ1v) is 4.12. The second kappa shape index (κ2) is 3.14. The fraction of sp³-hybridized carbons (Fsp3) is 0.100. The van der Waals surface area contributed by atoms with Gasteiger partial charge in [0, 0.05) is 5.69 Å². The quantitative estimate of drug-likeness (QED) is 0.753. The number of rotatable bonds is 1. The Morgan fingerprint density at radius 3 is 2.93 bits per heavy atom. The zero-order valence-corrected chi connectivity index (χ0v) is 7.50. The molecule has 4 heteroatoms. The molecule has 14 heavy (non-hydrogen) atoms. The van der Waals surface area contributed by atoms with Crippen molar-refractivity contribution in [3.8, 4) is 11.3 Å². The van der Waals surface area contributed by atoms with E-state index < -0.39 is 11.4 Å². The van der Waals surface area contributed by atoms with E-state index in [4.69, 9.17) is 4.42 Å². The van der Waals surface area contributed by atoms with Crippen molar-refractivity contribution in [3.63, 3.8) is 0 Å². The van der Waals surface area contributed by atoms with E-state index in [9.17, 15) is 9.18 Å². The summed E-state index contributed by atoms with van der Waals surface area (Å²) in [5.41, 5.74) is 0.0652. The van der Waals surface area contributed by atoms with Crippen molar-refractivity contribution in [1.29, 1.82) is 0 Å². The van der Waals surface area contributed by atoms with Crippen molar-refractivity contribution in [2.45, 2.75) is 6.92 Å². The van der Waals surface area contributed by atoms with Gasteiger partial charge in [0.05, 0.1) is 11.8 Å². The summed E-state index contributed by atoms with van der Waals surface area (Å²) < 4.78 is 18.4. The van der Waals surface area contributed by atoms with Crippen molar-refractivity contribution < 1.29 is 8.81 Å². The van der Waals surface area contributed by atoms with Crippen LogP contribution in [0.25, 0.3) is 11.3 Å². The van der Waals surface area contributed by atoms with Crippen LogP contribution in [0.3, 0.4) is 0 Å². The molecule has 0 radical (unpaired) electrons. The fourth-order valence-electron chi connectivity index (χ4n) is 1.28. The number of furan rings is 1. The van der Waals surface area contributed by atoms with Gasteiger partial charge < -0.3 is 9.40 Å². The monoisotopic (exact) mass is 193 g/mol. The summed E-state index contributed by atoms with van der Waals surface area (Å²) in [6.07, 6.45) is 1.44. The number of aryl methyl sites for hydroxylation is 1. The van der Waals surface area contributed by atoms with Gasteiger partial charge in [0.1, 0.15) is 5.76 Å². The molecule has 0 unspecified atom stereocenters. The Morgan fingerprint density at radius 2 is 2.29 bits per heavy atom. The van der Waals surface area contributed by atoms with E-state index in [0.29, 0.717) is 11.5 Å². The van der Waals surface area contributed by atoms with E-state index in [2.05, 4.69) is 4.98 Å². The summed E-state index contributed by atoms with van der Waals surface area (Å²) in [6, 6.07) is 4.79. The van der Waals surface area contributed by atoms with Gasteiger partial charge in [-0.05, 0) is 25.1 Å². The molecule has 3 nitrogen and oxygen atoms in total. The zero-order chi connectivity index (χ0) is 10.1. The summed E-state index contributed by atoms with van der Waals surface area (Å²) in [5, 5.41) is 0. The number of aromatic nitrogens is 1. The number of pyridine rings is 1. The van der Waals surface area contributed by atoms with Crippen molar-refractivity contribution >= 4 is 0 Å². The number of halogens is 1. The first kappa shape index (κ1) is 8.74. The Kier molecular flexibility index (Phi) is 1.96. The standard InChI is InChI=1S/C10H8FNO2/c1-6-5-7(8-3-2-4-14-8)9(11)10(13)12-6/h2-5H,1H3,(H,12,13). The highest BCUT2D eigenvalue weighted by atomic mass is 19.1. The number of hydrogen-bond donors (Lipinski definition) is 1. The van der Waals surface area contributed by atoms with Crippen molar-refractivity contribution in [2.75, 3.05) is 0 Å². The lowest BCUT2D eigenvalue weighted by Crippen LogP contribution is -2.12. The smallest absolute Gasteiger partial charge is 0.284 e. The number of H-pyrrole nitrogens is 1. The predicted octanol–water partition coefficient (Wildman–Crippen LogP) is 2.08. The van der Waals surface area contributed by atoms with Gasteiger partial charge in [-0.1, -0.05) is 0 Å². The molecular weight excluding hydrogens is 185 g/mol. The Morgan fingerprint density at radius 1 is 1.50 bits per heavy atom. The van der Waals surface area contributed by atoms with Crippen LogP contribution in [-0.4, -0.2) is 4.98 Å². The van der Waals surface area contributed by atoms with E-state index >= 15 is 0 Å². The van der Waals surface area contributed by atoms with E-state index in [-0.39, 0.29) is 5.56 Å². The maximum atomic E-state index is 13.3. The minimum atomic E-state index is -0.814. The number of aromatic amines is 1. The molecule has 0 aliphatic heterocycles. The zero-order valence-electron chi connectivity index (χ0n) is 7.50. The summed E-state index contributed by atoms with van der Waals surface area (Å²) in [4.78, 5) is 13.5. The SMILES string of the molecule is Cc1cc(-c2ccco2)c(F)c(=O)[nH]1. The number of nitrogens with one attached hydrogen (secondary N) is 1. The van der Waals surface area contributed by atoms with Gasteiger partial charge in [-0.25, -0.2) is 4.39 Å². The van der Waals surface area contributed by atoms with E-state index in [1.54, 1.807) is 19.1 Å². The Bertz CT molecular complexity index is 499. The molecule has 2 heterocycles. The molecule has 0 spiro atoms. The van der Waals surface area contributed by atoms with Crippen LogP contribution in [0.2, 0.25) is 0 Å². The first-order valence-electron chi connectivity index (χ1n) is 4.12. The van der Waals surface area contributed by atoms with Crippen LogP contribution in [0.1, 0.15) is 5.69 Å². The van der Waals surface area contributed by atoms with Crippen LogP contribution in [-0.2, 0) is 0 Å². The lowest BCUT2D eigenvalue weighted by atomic mass is 10.2. The average molecular weight is 193 g/mol. The molecule has 0 aliphatic carbocycles. The summed E-state index contributed by atoms with van der Waals surface area (Å²) in [7, 11) is 0. The van der Waals surface area contributed by atoms with Gasteiger partial charge in [-0.3, -0.25) is 4.79 Å². The average Bonchev–Trinajstić information content (AvgIpc) is 2.63. The lowest BCUT2D eigenvalue weighted by Gasteiger charge is -1.99. The first-order chi connectivity index (χ1) is 6.68. The molecule has 0 fully saturated rings. The third-order valence-corrected chi connectivity index (χ3v) is 1.89. The van der Waals surface area contributed by atoms with E-state index in [1.165, 1.54) is 12.3 Å². The van der Waals surface area contributed by atoms with Gasteiger partial charge in [0.25, 0.3) is 5.56 Å². The molecule has 2 aromatic heterocycles. The van der Waals surface area contributed by atoms with Gasteiger partial charge >= 0.3 is 0 Å². The molecule has 0 aliphatic rings. The predicted molar refractivity (Wildman–Crippen MR) is 49.5 cm³/mol. The third-order valence-electron chi connectivity index (χ3n) is 1.89. The highest BCUT2D eigenvalue weighted by Gasteiger charge is 2.11. The van der Waals surface area contributed by atoms with Gasteiger partial charge in [-0.2, -0.15) is 0 Å². The van der Waals surface area contributed by atoms with Crippen molar-refractivity contribution in [1.82, 2.24) is 4.98 Å². The second-order valence-corrected chi connectivity index (χ2v) is 2.99. The van der Waals surface area contributed by atoms with Crippen LogP contribution in [0, 0.1) is 12.7 Å². The minimum Gasteiger partial charge on any atom is -0.464 e. The molecule has 72 valence electrons. The molecule has 0 atom stereocenters. The maximum absolute atomic E-state index is 13.3. The molecule has 1 N–H and O–H groups in total. The molecule has 0 bridgehead atoms. The van der Waals surface area contributed by atoms with Gasteiger partial charge in [0.2, 0.25) is 0 Å². The summed E-state index contributed by atoms with van der Waals surface area (Å²) >= 11 is 0. The van der Waals surface area contributed by atoms with E-state index in [1.807, 2.05) is 0 Å². The molecule has 0 saturated carbocycles. The lowest BCUT2D eigenvalue weighted by molar-refractivity contribution is 0.564. The molecule has 2 rings (SSSR count). The van der Waals surface area contributed by atoms with Crippen molar-refractivity contribution in [2.24, 2.45) is 0 Å². The van der Waals surface area contributed by atoms with Crippen LogP contribution in [0.15, 0.2) is 33.7 Å². The Labute approximate surface area is 79.2 Å². The van der Waals surface area contributed by atoms with Crippen LogP contribution in [0.4, 0.5) is 4.39 Å². The van der Waals surface area contributed by atoms with Gasteiger partial charge in [-0.15, -0.1) is 0 Å². The van der Waals surface area contributed by atoms with Crippen LogP contribution < -0.4 is 5.56 Å². The topological polar surface area (TPSA) is 46.0 Å². The van der Waals surface area contributed by atoms with E-state index in [0.717, 1.165) is 0 Å². The largest absolute Gasteiger partial charge is 0.464 e. The summed E-state index contributed by atoms with van der Waals surface area (Å²) in [6.45, 7) is 1.69. The maximum Gasteiger partial charge on any atom is 0.284 e.